The Morgan fingerprint density at radius 1 is 0.909 bits per heavy atom. The van der Waals surface area contributed by atoms with E-state index in [-0.39, 0.29) is 17.9 Å². The molecule has 2 saturated heterocycles. The van der Waals surface area contributed by atoms with Gasteiger partial charge in [0.1, 0.15) is 12.4 Å². The first-order chi connectivity index (χ1) is 16.1. The highest BCUT2D eigenvalue weighted by Gasteiger charge is 2.27. The molecule has 2 aromatic carbocycles. The Morgan fingerprint density at radius 3 is 2.24 bits per heavy atom. The number of benzene rings is 2. The van der Waals surface area contributed by atoms with Crippen LogP contribution in [0.15, 0.2) is 54.6 Å². The SMILES string of the molecule is CC(C(=O)Nc1ccc(OCc2ccccc2)cc1)N1CCN(CC(=O)N2CCCC2)CC1. The van der Waals surface area contributed by atoms with Gasteiger partial charge in [0.25, 0.3) is 0 Å². The van der Waals surface area contributed by atoms with E-state index in [0.717, 1.165) is 69.1 Å². The molecule has 4 rings (SSSR count). The second-order valence-electron chi connectivity index (χ2n) is 8.86. The highest BCUT2D eigenvalue weighted by Crippen LogP contribution is 2.18. The third-order valence-corrected chi connectivity index (χ3v) is 6.52. The summed E-state index contributed by atoms with van der Waals surface area (Å²) in [4.78, 5) is 31.5. The van der Waals surface area contributed by atoms with Gasteiger partial charge >= 0.3 is 0 Å². The Kier molecular flexibility index (Phi) is 7.96. The van der Waals surface area contributed by atoms with Gasteiger partial charge in [0.15, 0.2) is 0 Å². The van der Waals surface area contributed by atoms with Crippen molar-refractivity contribution in [2.45, 2.75) is 32.4 Å². The van der Waals surface area contributed by atoms with E-state index in [2.05, 4.69) is 15.1 Å². The molecule has 1 unspecified atom stereocenters. The molecule has 2 aliphatic rings. The zero-order valence-corrected chi connectivity index (χ0v) is 19.4. The zero-order chi connectivity index (χ0) is 23.0. The summed E-state index contributed by atoms with van der Waals surface area (Å²) in [6.07, 6.45) is 2.24. The van der Waals surface area contributed by atoms with Crippen LogP contribution in [0.3, 0.4) is 0 Å². The van der Waals surface area contributed by atoms with Crippen molar-refractivity contribution in [3.63, 3.8) is 0 Å². The van der Waals surface area contributed by atoms with Crippen molar-refractivity contribution < 1.29 is 14.3 Å². The number of likely N-dealkylation sites (tertiary alicyclic amines) is 1. The number of anilines is 1. The Hall–Kier alpha value is -2.90. The summed E-state index contributed by atoms with van der Waals surface area (Å²) < 4.78 is 5.81. The van der Waals surface area contributed by atoms with Crippen LogP contribution in [0.25, 0.3) is 0 Å². The fourth-order valence-corrected chi connectivity index (χ4v) is 4.35. The van der Waals surface area contributed by atoms with Crippen LogP contribution in [0.4, 0.5) is 5.69 Å². The van der Waals surface area contributed by atoms with Crippen molar-refractivity contribution >= 4 is 17.5 Å². The van der Waals surface area contributed by atoms with Crippen LogP contribution >= 0.6 is 0 Å². The molecule has 2 aliphatic heterocycles. The van der Waals surface area contributed by atoms with Gasteiger partial charge in [-0.1, -0.05) is 30.3 Å². The first-order valence-corrected chi connectivity index (χ1v) is 11.9. The van der Waals surface area contributed by atoms with Crippen LogP contribution < -0.4 is 10.1 Å². The van der Waals surface area contributed by atoms with Crippen molar-refractivity contribution in [2.24, 2.45) is 0 Å². The number of piperazine rings is 1. The average Bonchev–Trinajstić information content (AvgIpc) is 3.40. The summed E-state index contributed by atoms with van der Waals surface area (Å²) in [6, 6.07) is 17.3. The molecule has 2 heterocycles. The predicted octanol–water partition coefficient (Wildman–Crippen LogP) is 2.83. The maximum atomic E-state index is 12.8. The van der Waals surface area contributed by atoms with E-state index in [0.29, 0.717) is 13.2 Å². The number of nitrogens with zero attached hydrogens (tertiary/aromatic N) is 3. The normalized spacial score (nSPS) is 18.2. The molecule has 0 aliphatic carbocycles. The summed E-state index contributed by atoms with van der Waals surface area (Å²) in [6.45, 7) is 7.94. The lowest BCUT2D eigenvalue weighted by atomic mass is 10.2. The predicted molar refractivity (Wildman–Crippen MR) is 129 cm³/mol. The number of hydrogen-bond donors (Lipinski definition) is 1. The van der Waals surface area contributed by atoms with Crippen molar-refractivity contribution in [1.29, 1.82) is 0 Å². The zero-order valence-electron chi connectivity index (χ0n) is 19.4. The molecule has 176 valence electrons. The van der Waals surface area contributed by atoms with E-state index in [9.17, 15) is 9.59 Å². The molecule has 2 aromatic rings. The van der Waals surface area contributed by atoms with Crippen molar-refractivity contribution in [3.05, 3.63) is 60.2 Å². The van der Waals surface area contributed by atoms with E-state index in [1.165, 1.54) is 0 Å². The summed E-state index contributed by atoms with van der Waals surface area (Å²) in [5.74, 6) is 0.988. The highest BCUT2D eigenvalue weighted by molar-refractivity contribution is 5.94. The smallest absolute Gasteiger partial charge is 0.241 e. The summed E-state index contributed by atoms with van der Waals surface area (Å²) in [7, 11) is 0. The fraction of sp³-hybridized carbons (Fsp3) is 0.462. The largest absolute Gasteiger partial charge is 0.489 e. The third-order valence-electron chi connectivity index (χ3n) is 6.52. The second-order valence-corrected chi connectivity index (χ2v) is 8.86. The Bertz CT molecular complexity index is 905. The molecule has 33 heavy (non-hydrogen) atoms. The van der Waals surface area contributed by atoms with Crippen LogP contribution in [-0.2, 0) is 16.2 Å². The van der Waals surface area contributed by atoms with Gasteiger partial charge in [-0.2, -0.15) is 0 Å². The minimum atomic E-state index is -0.226. The van der Waals surface area contributed by atoms with Crippen LogP contribution in [-0.4, -0.2) is 78.4 Å². The molecule has 7 nitrogen and oxygen atoms in total. The number of rotatable bonds is 8. The van der Waals surface area contributed by atoms with Gasteiger partial charge in [0.2, 0.25) is 11.8 Å². The van der Waals surface area contributed by atoms with E-state index in [1.807, 2.05) is 66.4 Å². The van der Waals surface area contributed by atoms with Gasteiger partial charge in [-0.3, -0.25) is 19.4 Å². The van der Waals surface area contributed by atoms with E-state index < -0.39 is 0 Å². The molecule has 2 amide bonds. The Morgan fingerprint density at radius 2 is 1.58 bits per heavy atom. The fourth-order valence-electron chi connectivity index (χ4n) is 4.35. The molecular formula is C26H34N4O3. The number of amides is 2. The monoisotopic (exact) mass is 450 g/mol. The van der Waals surface area contributed by atoms with Crippen molar-refractivity contribution in [3.8, 4) is 5.75 Å². The van der Waals surface area contributed by atoms with Gasteiger partial charge in [-0.05, 0) is 49.6 Å². The lowest BCUT2D eigenvalue weighted by Gasteiger charge is -2.37. The number of ether oxygens (including phenoxy) is 1. The van der Waals surface area contributed by atoms with Gasteiger partial charge in [-0.25, -0.2) is 0 Å². The topological polar surface area (TPSA) is 65.1 Å². The summed E-state index contributed by atoms with van der Waals surface area (Å²) in [5, 5.41) is 3.01. The molecular weight excluding hydrogens is 416 g/mol. The van der Waals surface area contributed by atoms with Crippen LogP contribution in [0, 0.1) is 0 Å². The molecule has 0 aromatic heterocycles. The number of carbonyl (C=O) groups is 2. The molecule has 0 spiro atoms. The molecule has 7 heteroatoms. The van der Waals surface area contributed by atoms with E-state index >= 15 is 0 Å². The van der Waals surface area contributed by atoms with Crippen molar-refractivity contribution in [1.82, 2.24) is 14.7 Å². The molecule has 1 N–H and O–H groups in total. The van der Waals surface area contributed by atoms with E-state index in [1.54, 1.807) is 0 Å². The molecule has 0 saturated carbocycles. The molecule has 0 bridgehead atoms. The quantitative estimate of drug-likeness (QED) is 0.670. The minimum absolute atomic E-state index is 0.0189. The maximum absolute atomic E-state index is 12.8. The number of carbonyl (C=O) groups excluding carboxylic acids is 2. The lowest BCUT2D eigenvalue weighted by molar-refractivity contribution is -0.132. The number of nitrogens with one attached hydrogen (secondary N) is 1. The molecule has 1 atom stereocenters. The van der Waals surface area contributed by atoms with E-state index in [4.69, 9.17) is 4.74 Å². The summed E-state index contributed by atoms with van der Waals surface area (Å²) >= 11 is 0. The van der Waals surface area contributed by atoms with Crippen molar-refractivity contribution in [2.75, 3.05) is 51.1 Å². The minimum Gasteiger partial charge on any atom is -0.489 e. The van der Waals surface area contributed by atoms with Crippen LogP contribution in [0.2, 0.25) is 0 Å². The second kappa shape index (κ2) is 11.3. The van der Waals surface area contributed by atoms with Crippen LogP contribution in [0.5, 0.6) is 5.75 Å². The van der Waals surface area contributed by atoms with Gasteiger partial charge < -0.3 is 15.0 Å². The average molecular weight is 451 g/mol. The standard InChI is InChI=1S/C26H34N4O3/c1-21(29-17-15-28(16-18-29)19-25(31)30-13-5-6-14-30)26(32)27-23-9-11-24(12-10-23)33-20-22-7-3-2-4-8-22/h2-4,7-12,21H,5-6,13-20H2,1H3,(H,27,32). The number of hydrogen-bond acceptors (Lipinski definition) is 5. The highest BCUT2D eigenvalue weighted by atomic mass is 16.5. The maximum Gasteiger partial charge on any atom is 0.241 e. The van der Waals surface area contributed by atoms with Crippen LogP contribution in [0.1, 0.15) is 25.3 Å². The first-order valence-electron chi connectivity index (χ1n) is 11.9. The third kappa shape index (κ3) is 6.55. The first kappa shape index (κ1) is 23.3. The molecule has 0 radical (unpaired) electrons. The summed E-state index contributed by atoms with van der Waals surface area (Å²) in [5.41, 5.74) is 1.87. The van der Waals surface area contributed by atoms with Gasteiger partial charge in [0.05, 0.1) is 12.6 Å². The Labute approximate surface area is 196 Å². The Balaban J connectivity index is 1.19. The van der Waals surface area contributed by atoms with Gasteiger partial charge in [-0.15, -0.1) is 0 Å². The molecule has 2 fully saturated rings. The van der Waals surface area contributed by atoms with Gasteiger partial charge in [0, 0.05) is 45.0 Å². The lowest BCUT2D eigenvalue weighted by Crippen LogP contribution is -2.54.